The van der Waals surface area contributed by atoms with Gasteiger partial charge in [-0.25, -0.2) is 0 Å². The van der Waals surface area contributed by atoms with Gasteiger partial charge in [-0.15, -0.1) is 0 Å². The highest BCUT2D eigenvalue weighted by Gasteiger charge is 2.31. The summed E-state index contributed by atoms with van der Waals surface area (Å²) in [5.41, 5.74) is 0.196. The van der Waals surface area contributed by atoms with Crippen LogP contribution in [0.1, 0.15) is 56.9 Å². The van der Waals surface area contributed by atoms with E-state index in [1.54, 1.807) is 0 Å². The van der Waals surface area contributed by atoms with Gasteiger partial charge in [-0.3, -0.25) is 4.79 Å². The van der Waals surface area contributed by atoms with Crippen LogP contribution in [-0.2, 0) is 11.3 Å². The minimum atomic E-state index is -0.801. The summed E-state index contributed by atoms with van der Waals surface area (Å²) in [6.45, 7) is 1.22. The molecule has 0 aromatic heterocycles. The Bertz CT molecular complexity index is 533. The summed E-state index contributed by atoms with van der Waals surface area (Å²) in [5, 5.41) is 13.4. The molecule has 2 N–H and O–H groups in total. The number of benzene rings is 1. The third-order valence-electron chi connectivity index (χ3n) is 4.89. The van der Waals surface area contributed by atoms with Crippen LogP contribution < -0.4 is 10.1 Å². The average Bonchev–Trinajstić information content (AvgIpc) is 3.36. The van der Waals surface area contributed by atoms with Crippen LogP contribution in [0.4, 0.5) is 0 Å². The summed E-state index contributed by atoms with van der Waals surface area (Å²) in [7, 11) is 0. The SMILES string of the molecule is O=C(CC1(O)CCCCC1)NCc1ccccc1OCC1CC1. The molecule has 1 aromatic carbocycles. The van der Waals surface area contributed by atoms with Gasteiger partial charge in [0, 0.05) is 12.1 Å². The van der Waals surface area contributed by atoms with E-state index in [0.717, 1.165) is 50.0 Å². The van der Waals surface area contributed by atoms with Gasteiger partial charge in [0.15, 0.2) is 0 Å². The lowest BCUT2D eigenvalue weighted by Crippen LogP contribution is -2.38. The van der Waals surface area contributed by atoms with E-state index in [2.05, 4.69) is 5.32 Å². The van der Waals surface area contributed by atoms with Crippen molar-refractivity contribution < 1.29 is 14.6 Å². The lowest BCUT2D eigenvalue weighted by molar-refractivity contribution is -0.127. The zero-order valence-corrected chi connectivity index (χ0v) is 13.7. The molecule has 1 aromatic rings. The van der Waals surface area contributed by atoms with Gasteiger partial charge in [0.1, 0.15) is 5.75 Å². The molecule has 1 amide bonds. The van der Waals surface area contributed by atoms with E-state index in [1.807, 2.05) is 24.3 Å². The molecule has 2 fully saturated rings. The number of nitrogens with one attached hydrogen (secondary N) is 1. The number of ether oxygens (including phenoxy) is 1. The highest BCUT2D eigenvalue weighted by Crippen LogP contribution is 2.31. The molecule has 0 saturated heterocycles. The predicted molar refractivity (Wildman–Crippen MR) is 89.2 cm³/mol. The Morgan fingerprint density at radius 2 is 1.96 bits per heavy atom. The normalized spacial score (nSPS) is 20.0. The highest BCUT2D eigenvalue weighted by molar-refractivity contribution is 5.77. The van der Waals surface area contributed by atoms with E-state index in [0.29, 0.717) is 12.5 Å². The molecule has 23 heavy (non-hydrogen) atoms. The molecule has 2 aliphatic carbocycles. The van der Waals surface area contributed by atoms with Crippen molar-refractivity contribution in [2.75, 3.05) is 6.61 Å². The van der Waals surface area contributed by atoms with Crippen LogP contribution in [0.2, 0.25) is 0 Å². The van der Waals surface area contributed by atoms with Gasteiger partial charge in [-0.05, 0) is 37.7 Å². The van der Waals surface area contributed by atoms with Crippen LogP contribution >= 0.6 is 0 Å². The lowest BCUT2D eigenvalue weighted by Gasteiger charge is -2.31. The first-order chi connectivity index (χ1) is 11.1. The Morgan fingerprint density at radius 3 is 2.70 bits per heavy atom. The van der Waals surface area contributed by atoms with E-state index in [-0.39, 0.29) is 12.3 Å². The fourth-order valence-electron chi connectivity index (χ4n) is 3.22. The van der Waals surface area contributed by atoms with Crippen molar-refractivity contribution in [1.82, 2.24) is 5.32 Å². The maximum Gasteiger partial charge on any atom is 0.223 e. The number of rotatable bonds is 7. The molecule has 126 valence electrons. The Balaban J connectivity index is 1.49. The topological polar surface area (TPSA) is 58.6 Å². The van der Waals surface area contributed by atoms with E-state index in [4.69, 9.17) is 4.74 Å². The first kappa shape index (κ1) is 16.3. The zero-order chi connectivity index (χ0) is 16.1. The van der Waals surface area contributed by atoms with Crippen LogP contribution in [0, 0.1) is 5.92 Å². The summed E-state index contributed by atoms with van der Waals surface area (Å²) in [6.07, 6.45) is 7.40. The molecule has 0 aliphatic heterocycles. The van der Waals surface area contributed by atoms with E-state index in [9.17, 15) is 9.90 Å². The van der Waals surface area contributed by atoms with Gasteiger partial charge in [-0.2, -0.15) is 0 Å². The van der Waals surface area contributed by atoms with Gasteiger partial charge in [-0.1, -0.05) is 37.5 Å². The van der Waals surface area contributed by atoms with Crippen LogP contribution in [0.25, 0.3) is 0 Å². The molecule has 2 aliphatic rings. The molecule has 0 heterocycles. The van der Waals surface area contributed by atoms with Crippen molar-refractivity contribution >= 4 is 5.91 Å². The monoisotopic (exact) mass is 317 g/mol. The quantitative estimate of drug-likeness (QED) is 0.812. The van der Waals surface area contributed by atoms with Crippen molar-refractivity contribution in [1.29, 1.82) is 0 Å². The lowest BCUT2D eigenvalue weighted by atomic mass is 9.82. The summed E-state index contributed by atoms with van der Waals surface area (Å²) in [6, 6.07) is 7.86. The number of amides is 1. The fraction of sp³-hybridized carbons (Fsp3) is 0.632. The number of hydrogen-bond donors (Lipinski definition) is 2. The van der Waals surface area contributed by atoms with Crippen molar-refractivity contribution in [2.24, 2.45) is 5.92 Å². The number of para-hydroxylation sites is 1. The first-order valence-corrected chi connectivity index (χ1v) is 8.84. The summed E-state index contributed by atoms with van der Waals surface area (Å²) < 4.78 is 5.86. The molecular formula is C19H27NO3. The predicted octanol–water partition coefficient (Wildman–Crippen LogP) is 3.18. The molecule has 2 saturated carbocycles. The summed E-state index contributed by atoms with van der Waals surface area (Å²) in [4.78, 5) is 12.2. The number of aliphatic hydroxyl groups is 1. The molecule has 0 spiro atoms. The Kier molecular flexibility index (Phi) is 5.21. The second kappa shape index (κ2) is 7.35. The molecule has 4 nitrogen and oxygen atoms in total. The van der Waals surface area contributed by atoms with Crippen molar-refractivity contribution in [2.45, 2.75) is 63.5 Å². The van der Waals surface area contributed by atoms with Crippen molar-refractivity contribution in [3.05, 3.63) is 29.8 Å². The van der Waals surface area contributed by atoms with Crippen molar-refractivity contribution in [3.8, 4) is 5.75 Å². The number of carbonyl (C=O) groups excluding carboxylic acids is 1. The van der Waals surface area contributed by atoms with Crippen LogP contribution in [0.3, 0.4) is 0 Å². The Labute approximate surface area is 138 Å². The van der Waals surface area contributed by atoms with Crippen molar-refractivity contribution in [3.63, 3.8) is 0 Å². The zero-order valence-electron chi connectivity index (χ0n) is 13.7. The Morgan fingerprint density at radius 1 is 1.22 bits per heavy atom. The standard InChI is InChI=1S/C19H27NO3/c21-18(12-19(22)10-4-1-5-11-19)20-13-16-6-2-3-7-17(16)23-14-15-8-9-15/h2-3,6-7,15,22H,1,4-5,8-14H2,(H,20,21). The minimum Gasteiger partial charge on any atom is -0.493 e. The number of hydrogen-bond acceptors (Lipinski definition) is 3. The molecule has 0 unspecified atom stereocenters. The molecule has 0 bridgehead atoms. The first-order valence-electron chi connectivity index (χ1n) is 8.84. The van der Waals surface area contributed by atoms with Crippen LogP contribution in [0.15, 0.2) is 24.3 Å². The summed E-state index contributed by atoms with van der Waals surface area (Å²) >= 11 is 0. The molecule has 3 rings (SSSR count). The molecule has 0 atom stereocenters. The summed E-state index contributed by atoms with van der Waals surface area (Å²) in [5.74, 6) is 1.49. The van der Waals surface area contributed by atoms with Crippen LogP contribution in [-0.4, -0.2) is 23.2 Å². The van der Waals surface area contributed by atoms with Gasteiger partial charge < -0.3 is 15.2 Å². The largest absolute Gasteiger partial charge is 0.493 e. The fourth-order valence-corrected chi connectivity index (χ4v) is 3.22. The third kappa shape index (κ3) is 4.96. The maximum atomic E-state index is 12.2. The van der Waals surface area contributed by atoms with Gasteiger partial charge in [0.25, 0.3) is 0 Å². The third-order valence-corrected chi connectivity index (χ3v) is 4.89. The molecular weight excluding hydrogens is 290 g/mol. The molecule has 4 heteroatoms. The minimum absolute atomic E-state index is 0.0774. The van der Waals surface area contributed by atoms with Crippen LogP contribution in [0.5, 0.6) is 5.75 Å². The highest BCUT2D eigenvalue weighted by atomic mass is 16.5. The van der Waals surface area contributed by atoms with E-state index >= 15 is 0 Å². The molecule has 0 radical (unpaired) electrons. The number of carbonyl (C=O) groups is 1. The second-order valence-electron chi connectivity index (χ2n) is 7.10. The average molecular weight is 317 g/mol. The van der Waals surface area contributed by atoms with E-state index < -0.39 is 5.60 Å². The maximum absolute atomic E-state index is 12.2. The van der Waals surface area contributed by atoms with Gasteiger partial charge >= 0.3 is 0 Å². The van der Waals surface area contributed by atoms with E-state index in [1.165, 1.54) is 12.8 Å². The Hall–Kier alpha value is -1.55. The smallest absolute Gasteiger partial charge is 0.223 e. The second-order valence-corrected chi connectivity index (χ2v) is 7.10. The van der Waals surface area contributed by atoms with Gasteiger partial charge in [0.2, 0.25) is 5.91 Å². The van der Waals surface area contributed by atoms with Gasteiger partial charge in [0.05, 0.1) is 18.6 Å².